The van der Waals surface area contributed by atoms with Gasteiger partial charge in [-0.05, 0) is 31.0 Å². The number of hydrogen-bond acceptors (Lipinski definition) is 4. The molecule has 1 aliphatic heterocycles. The molecule has 0 atom stereocenters. The normalized spacial score (nSPS) is 17.9. The highest BCUT2D eigenvalue weighted by Crippen LogP contribution is 2.23. The van der Waals surface area contributed by atoms with E-state index in [1.54, 1.807) is 13.2 Å². The molecule has 1 aromatic rings. The number of hydrogen-bond donors (Lipinski definition) is 0. The zero-order valence-corrected chi connectivity index (χ0v) is 11.9. The third-order valence-electron chi connectivity index (χ3n) is 3.43. The van der Waals surface area contributed by atoms with Crippen molar-refractivity contribution in [1.29, 1.82) is 5.26 Å². The van der Waals surface area contributed by atoms with Gasteiger partial charge in [0, 0.05) is 20.2 Å². The number of nitrogens with zero attached hydrogens (tertiary/aromatic N) is 2. The van der Waals surface area contributed by atoms with E-state index >= 15 is 0 Å². The Morgan fingerprint density at radius 1 is 1.40 bits per heavy atom. The Bertz CT molecular complexity index is 632. The summed E-state index contributed by atoms with van der Waals surface area (Å²) in [4.78, 5) is -0.0497. The fourth-order valence-electron chi connectivity index (χ4n) is 2.21. The minimum absolute atomic E-state index is 0.0497. The lowest BCUT2D eigenvalue weighted by atomic mass is 10.1. The molecule has 1 fully saturated rings. The Kier molecular flexibility index (Phi) is 4.38. The molecule has 0 unspecified atom stereocenters. The molecule has 0 aliphatic carbocycles. The molecule has 1 aromatic carbocycles. The van der Waals surface area contributed by atoms with E-state index in [1.165, 1.54) is 10.4 Å². The van der Waals surface area contributed by atoms with Crippen LogP contribution in [0.5, 0.6) is 0 Å². The van der Waals surface area contributed by atoms with Crippen molar-refractivity contribution in [3.63, 3.8) is 0 Å². The Hall–Kier alpha value is -1.49. The number of halogens is 1. The summed E-state index contributed by atoms with van der Waals surface area (Å²) in [5.41, 5.74) is -0.266. The van der Waals surface area contributed by atoms with Crippen LogP contribution in [0.2, 0.25) is 0 Å². The topological polar surface area (TPSA) is 70.4 Å². The molecule has 1 saturated heterocycles. The van der Waals surface area contributed by atoms with Crippen LogP contribution < -0.4 is 0 Å². The number of piperidine rings is 1. The number of methoxy groups -OCH3 is 1. The van der Waals surface area contributed by atoms with Gasteiger partial charge in [-0.3, -0.25) is 0 Å². The van der Waals surface area contributed by atoms with E-state index in [1.807, 2.05) is 0 Å². The second kappa shape index (κ2) is 5.87. The van der Waals surface area contributed by atoms with Crippen LogP contribution in [0, 0.1) is 17.1 Å². The van der Waals surface area contributed by atoms with E-state index in [0.717, 1.165) is 12.1 Å². The average molecular weight is 298 g/mol. The van der Waals surface area contributed by atoms with E-state index in [4.69, 9.17) is 10.00 Å². The monoisotopic (exact) mass is 298 g/mol. The van der Waals surface area contributed by atoms with Crippen molar-refractivity contribution in [2.45, 2.75) is 23.8 Å². The van der Waals surface area contributed by atoms with Crippen LogP contribution in [0.3, 0.4) is 0 Å². The SMILES string of the molecule is COC1CCN(S(=O)(=O)c2ccc(F)c(C#N)c2)CC1. The maximum atomic E-state index is 13.2. The third kappa shape index (κ3) is 2.82. The lowest BCUT2D eigenvalue weighted by Gasteiger charge is -2.30. The van der Waals surface area contributed by atoms with Gasteiger partial charge in [0.05, 0.1) is 16.6 Å². The number of benzene rings is 1. The molecule has 20 heavy (non-hydrogen) atoms. The largest absolute Gasteiger partial charge is 0.381 e. The Labute approximate surface area is 117 Å². The molecule has 0 saturated carbocycles. The first-order valence-electron chi connectivity index (χ1n) is 6.21. The lowest BCUT2D eigenvalue weighted by molar-refractivity contribution is 0.0604. The molecule has 2 rings (SSSR count). The van der Waals surface area contributed by atoms with Gasteiger partial charge in [0.25, 0.3) is 0 Å². The van der Waals surface area contributed by atoms with Crippen LogP contribution >= 0.6 is 0 Å². The summed E-state index contributed by atoms with van der Waals surface area (Å²) >= 11 is 0. The van der Waals surface area contributed by atoms with E-state index in [2.05, 4.69) is 0 Å². The molecule has 1 aliphatic rings. The minimum atomic E-state index is -3.68. The minimum Gasteiger partial charge on any atom is -0.381 e. The van der Waals surface area contributed by atoms with Crippen LogP contribution in [0.15, 0.2) is 23.1 Å². The van der Waals surface area contributed by atoms with Crippen molar-refractivity contribution < 1.29 is 17.5 Å². The van der Waals surface area contributed by atoms with Gasteiger partial charge in [0.1, 0.15) is 11.9 Å². The Morgan fingerprint density at radius 3 is 2.60 bits per heavy atom. The molecule has 108 valence electrons. The zero-order chi connectivity index (χ0) is 14.8. The standard InChI is InChI=1S/C13H15FN2O3S/c1-19-11-4-6-16(7-5-11)20(17,18)12-2-3-13(14)10(8-12)9-15/h2-3,8,11H,4-7H2,1H3. The lowest BCUT2D eigenvalue weighted by Crippen LogP contribution is -2.40. The first kappa shape index (κ1) is 14.9. The molecular weight excluding hydrogens is 283 g/mol. The highest BCUT2D eigenvalue weighted by Gasteiger charge is 2.29. The number of sulfonamides is 1. The fraction of sp³-hybridized carbons (Fsp3) is 0.462. The van der Waals surface area contributed by atoms with Gasteiger partial charge in [0.2, 0.25) is 10.0 Å². The second-order valence-corrected chi connectivity index (χ2v) is 6.53. The van der Waals surface area contributed by atoms with E-state index in [-0.39, 0.29) is 16.6 Å². The van der Waals surface area contributed by atoms with Gasteiger partial charge in [-0.15, -0.1) is 0 Å². The first-order valence-corrected chi connectivity index (χ1v) is 7.65. The van der Waals surface area contributed by atoms with Gasteiger partial charge in [-0.25, -0.2) is 12.8 Å². The highest BCUT2D eigenvalue weighted by molar-refractivity contribution is 7.89. The van der Waals surface area contributed by atoms with Crippen LogP contribution in [0.4, 0.5) is 4.39 Å². The van der Waals surface area contributed by atoms with Crippen molar-refractivity contribution in [1.82, 2.24) is 4.31 Å². The maximum absolute atomic E-state index is 13.2. The molecule has 0 N–H and O–H groups in total. The fourth-order valence-corrected chi connectivity index (χ4v) is 3.70. The summed E-state index contributed by atoms with van der Waals surface area (Å²) < 4.78 is 44.6. The summed E-state index contributed by atoms with van der Waals surface area (Å²) in [6.07, 6.45) is 1.33. The van der Waals surface area contributed by atoms with Crippen molar-refractivity contribution >= 4 is 10.0 Å². The van der Waals surface area contributed by atoms with Crippen LogP contribution in [0.1, 0.15) is 18.4 Å². The number of rotatable bonds is 3. The van der Waals surface area contributed by atoms with Crippen molar-refractivity contribution in [2.75, 3.05) is 20.2 Å². The summed E-state index contributed by atoms with van der Waals surface area (Å²) in [6.45, 7) is 0.722. The quantitative estimate of drug-likeness (QED) is 0.848. The highest BCUT2D eigenvalue weighted by atomic mass is 32.2. The maximum Gasteiger partial charge on any atom is 0.243 e. The van der Waals surface area contributed by atoms with Crippen LogP contribution in [-0.2, 0) is 14.8 Å². The summed E-state index contributed by atoms with van der Waals surface area (Å²) in [7, 11) is -2.08. The van der Waals surface area contributed by atoms with Crippen molar-refractivity contribution in [3.05, 3.63) is 29.6 Å². The molecule has 0 spiro atoms. The molecule has 0 radical (unpaired) electrons. The van der Waals surface area contributed by atoms with Gasteiger partial charge in [-0.1, -0.05) is 0 Å². The van der Waals surface area contributed by atoms with E-state index in [0.29, 0.717) is 25.9 Å². The molecule has 5 nitrogen and oxygen atoms in total. The van der Waals surface area contributed by atoms with Crippen molar-refractivity contribution in [3.8, 4) is 6.07 Å². The van der Waals surface area contributed by atoms with Crippen LogP contribution in [0.25, 0.3) is 0 Å². The molecule has 1 heterocycles. The van der Waals surface area contributed by atoms with Gasteiger partial charge >= 0.3 is 0 Å². The average Bonchev–Trinajstić information content (AvgIpc) is 2.47. The van der Waals surface area contributed by atoms with Crippen LogP contribution in [-0.4, -0.2) is 39.0 Å². The molecular formula is C13H15FN2O3S. The predicted molar refractivity (Wildman–Crippen MR) is 69.9 cm³/mol. The van der Waals surface area contributed by atoms with E-state index < -0.39 is 15.8 Å². The van der Waals surface area contributed by atoms with Crippen molar-refractivity contribution in [2.24, 2.45) is 0 Å². The second-order valence-electron chi connectivity index (χ2n) is 4.59. The summed E-state index contributed by atoms with van der Waals surface area (Å²) in [5.74, 6) is -0.718. The number of nitriles is 1. The molecule has 0 bridgehead atoms. The van der Waals surface area contributed by atoms with Gasteiger partial charge in [0.15, 0.2) is 0 Å². The third-order valence-corrected chi connectivity index (χ3v) is 5.32. The predicted octanol–water partition coefficient (Wildman–Crippen LogP) is 1.50. The van der Waals surface area contributed by atoms with E-state index in [9.17, 15) is 12.8 Å². The number of ether oxygens (including phenoxy) is 1. The Morgan fingerprint density at radius 2 is 2.05 bits per heavy atom. The summed E-state index contributed by atoms with van der Waals surface area (Å²) in [5, 5.41) is 8.77. The zero-order valence-electron chi connectivity index (χ0n) is 11.0. The van der Waals surface area contributed by atoms with Gasteiger partial charge < -0.3 is 4.74 Å². The Balaban J connectivity index is 2.25. The molecule has 0 amide bonds. The molecule has 7 heteroatoms. The smallest absolute Gasteiger partial charge is 0.243 e. The first-order chi connectivity index (χ1) is 9.48. The summed E-state index contributed by atoms with van der Waals surface area (Å²) in [6, 6.07) is 4.92. The molecule has 0 aromatic heterocycles. The van der Waals surface area contributed by atoms with Gasteiger partial charge in [-0.2, -0.15) is 9.57 Å².